The largest absolute Gasteiger partial charge is 0.450 e. The highest BCUT2D eigenvalue weighted by atomic mass is 32.2. The van der Waals surface area contributed by atoms with Crippen LogP contribution in [0.15, 0.2) is 82.4 Å². The molecule has 0 fully saturated rings. The summed E-state index contributed by atoms with van der Waals surface area (Å²) in [7, 11) is 0. The number of benzene rings is 2. The quantitative estimate of drug-likeness (QED) is 0.363. The maximum Gasteiger partial charge on any atom is 0.234 e. The number of fused-ring (bicyclic) bond motifs is 1. The number of para-hydroxylation sites is 1. The summed E-state index contributed by atoms with van der Waals surface area (Å²) < 4.78 is 18.9. The molecule has 2 aromatic heterocycles. The normalized spacial score (nSPS) is 10.8. The van der Waals surface area contributed by atoms with Gasteiger partial charge in [-0.25, -0.2) is 9.37 Å². The summed E-state index contributed by atoms with van der Waals surface area (Å²) in [4.78, 5) is 29.6. The molecule has 4 rings (SSSR count). The number of nitrogens with zero attached hydrogens (tertiary/aromatic N) is 1. The van der Waals surface area contributed by atoms with E-state index in [2.05, 4.69) is 10.3 Å². The van der Waals surface area contributed by atoms with E-state index in [9.17, 15) is 14.0 Å². The molecule has 0 bridgehead atoms. The second kappa shape index (κ2) is 8.28. The van der Waals surface area contributed by atoms with Crippen LogP contribution in [-0.4, -0.2) is 22.4 Å². The minimum absolute atomic E-state index is 0.00833. The Labute approximate surface area is 169 Å². The molecule has 5 nitrogen and oxygen atoms in total. The van der Waals surface area contributed by atoms with Gasteiger partial charge in [0.1, 0.15) is 11.4 Å². The third-order valence-electron chi connectivity index (χ3n) is 4.16. The fourth-order valence-corrected chi connectivity index (χ4v) is 3.47. The van der Waals surface area contributed by atoms with Crippen molar-refractivity contribution >= 4 is 40.1 Å². The average molecular weight is 406 g/mol. The van der Waals surface area contributed by atoms with E-state index >= 15 is 0 Å². The zero-order valence-corrected chi connectivity index (χ0v) is 15.9. The minimum Gasteiger partial charge on any atom is -0.450 e. The van der Waals surface area contributed by atoms with Crippen molar-refractivity contribution in [1.29, 1.82) is 0 Å². The molecule has 0 saturated carbocycles. The van der Waals surface area contributed by atoms with E-state index in [1.54, 1.807) is 36.5 Å². The Morgan fingerprint density at radius 2 is 1.76 bits per heavy atom. The highest BCUT2D eigenvalue weighted by Gasteiger charge is 2.23. The Kier molecular flexibility index (Phi) is 5.39. The number of aromatic nitrogens is 1. The molecule has 0 atom stereocenters. The standard InChI is InChI=1S/C22H15FN2O3S/c23-15-10-8-14(9-11-15)21(27)22-20(16-5-1-2-6-17(16)28-22)25-18(26)13-29-19-7-3-4-12-24-19/h1-12H,13H2,(H,25,26). The number of rotatable bonds is 6. The first-order chi connectivity index (χ1) is 14.1. The second-order valence-corrected chi connectivity index (χ2v) is 7.14. The van der Waals surface area contributed by atoms with Gasteiger partial charge in [-0.1, -0.05) is 30.0 Å². The summed E-state index contributed by atoms with van der Waals surface area (Å²) in [5, 5.41) is 4.13. The molecule has 1 amide bonds. The average Bonchev–Trinajstić information content (AvgIpc) is 3.11. The first-order valence-corrected chi connectivity index (χ1v) is 9.76. The molecule has 2 heterocycles. The molecule has 2 aromatic carbocycles. The third-order valence-corrected chi connectivity index (χ3v) is 5.11. The van der Waals surface area contributed by atoms with Crippen LogP contribution < -0.4 is 5.32 Å². The van der Waals surface area contributed by atoms with Gasteiger partial charge in [0.05, 0.1) is 16.5 Å². The zero-order chi connectivity index (χ0) is 20.2. The van der Waals surface area contributed by atoms with Crippen LogP contribution in [0.1, 0.15) is 16.1 Å². The number of pyridine rings is 1. The lowest BCUT2D eigenvalue weighted by Crippen LogP contribution is -2.16. The molecular formula is C22H15FN2O3S. The van der Waals surface area contributed by atoms with Gasteiger partial charge in [-0.3, -0.25) is 9.59 Å². The van der Waals surface area contributed by atoms with Crippen LogP contribution in [0.2, 0.25) is 0 Å². The lowest BCUT2D eigenvalue weighted by molar-refractivity contribution is -0.113. The summed E-state index contributed by atoms with van der Waals surface area (Å²) >= 11 is 1.29. The minimum atomic E-state index is -0.439. The molecule has 0 radical (unpaired) electrons. The van der Waals surface area contributed by atoms with E-state index in [0.29, 0.717) is 16.7 Å². The zero-order valence-electron chi connectivity index (χ0n) is 15.1. The van der Waals surface area contributed by atoms with Gasteiger partial charge in [-0.2, -0.15) is 0 Å². The summed E-state index contributed by atoms with van der Waals surface area (Å²) in [6.07, 6.45) is 1.66. The lowest BCUT2D eigenvalue weighted by atomic mass is 10.1. The van der Waals surface area contributed by atoms with Gasteiger partial charge in [0.25, 0.3) is 0 Å². The van der Waals surface area contributed by atoms with Crippen LogP contribution in [0, 0.1) is 5.82 Å². The first-order valence-electron chi connectivity index (χ1n) is 8.77. The van der Waals surface area contributed by atoms with Crippen LogP contribution in [0.3, 0.4) is 0 Å². The van der Waals surface area contributed by atoms with E-state index < -0.39 is 11.6 Å². The van der Waals surface area contributed by atoms with Gasteiger partial charge < -0.3 is 9.73 Å². The number of ketones is 1. The van der Waals surface area contributed by atoms with Crippen molar-refractivity contribution in [1.82, 2.24) is 4.98 Å². The fourth-order valence-electron chi connectivity index (χ4n) is 2.81. The number of carbonyl (C=O) groups is 2. The number of carbonyl (C=O) groups excluding carboxylic acids is 2. The molecule has 144 valence electrons. The number of anilines is 1. The monoisotopic (exact) mass is 406 g/mol. The van der Waals surface area contributed by atoms with Gasteiger partial charge in [-0.05, 0) is 48.5 Å². The van der Waals surface area contributed by atoms with Crippen molar-refractivity contribution in [3.05, 3.63) is 90.1 Å². The number of hydrogen-bond acceptors (Lipinski definition) is 5. The molecule has 29 heavy (non-hydrogen) atoms. The van der Waals surface area contributed by atoms with E-state index in [4.69, 9.17) is 4.42 Å². The van der Waals surface area contributed by atoms with Crippen LogP contribution in [0.4, 0.5) is 10.1 Å². The molecule has 0 aliphatic rings. The molecule has 7 heteroatoms. The predicted octanol–water partition coefficient (Wildman–Crippen LogP) is 4.93. The summed E-state index contributed by atoms with van der Waals surface area (Å²) in [5.74, 6) is -1.03. The highest BCUT2D eigenvalue weighted by molar-refractivity contribution is 7.99. The summed E-state index contributed by atoms with van der Waals surface area (Å²) in [5.41, 5.74) is 1.05. The molecule has 4 aromatic rings. The van der Waals surface area contributed by atoms with Gasteiger partial charge in [0.2, 0.25) is 11.7 Å². The van der Waals surface area contributed by atoms with Crippen molar-refractivity contribution in [3.8, 4) is 0 Å². The first kappa shape index (κ1) is 18.9. The summed E-state index contributed by atoms with van der Waals surface area (Å²) in [6, 6.07) is 17.7. The second-order valence-electron chi connectivity index (χ2n) is 6.14. The number of hydrogen-bond donors (Lipinski definition) is 1. The Bertz CT molecular complexity index is 1170. The molecular weight excluding hydrogens is 391 g/mol. The predicted molar refractivity (Wildman–Crippen MR) is 110 cm³/mol. The van der Waals surface area contributed by atoms with Crippen molar-refractivity contribution in [2.75, 3.05) is 11.1 Å². The molecule has 0 spiro atoms. The number of furan rings is 1. The number of halogens is 1. The van der Waals surface area contributed by atoms with Crippen LogP contribution >= 0.6 is 11.8 Å². The summed E-state index contributed by atoms with van der Waals surface area (Å²) in [6.45, 7) is 0. The number of nitrogens with one attached hydrogen (secondary N) is 1. The molecule has 0 aliphatic heterocycles. The van der Waals surface area contributed by atoms with Crippen LogP contribution in [0.5, 0.6) is 0 Å². The van der Waals surface area contributed by atoms with Crippen molar-refractivity contribution in [3.63, 3.8) is 0 Å². The van der Waals surface area contributed by atoms with E-state index in [0.717, 1.165) is 5.03 Å². The highest BCUT2D eigenvalue weighted by Crippen LogP contribution is 2.32. The van der Waals surface area contributed by atoms with Gasteiger partial charge in [0, 0.05) is 17.1 Å². The Morgan fingerprint density at radius 3 is 2.52 bits per heavy atom. The van der Waals surface area contributed by atoms with E-state index in [1.165, 1.54) is 36.0 Å². The van der Waals surface area contributed by atoms with E-state index in [-0.39, 0.29) is 23.0 Å². The van der Waals surface area contributed by atoms with Gasteiger partial charge in [0.15, 0.2) is 5.76 Å². The Balaban J connectivity index is 1.62. The lowest BCUT2D eigenvalue weighted by Gasteiger charge is -2.06. The smallest absolute Gasteiger partial charge is 0.234 e. The third kappa shape index (κ3) is 4.20. The van der Waals surface area contributed by atoms with Crippen molar-refractivity contribution in [2.24, 2.45) is 0 Å². The number of amides is 1. The molecule has 0 aliphatic carbocycles. The maximum absolute atomic E-state index is 13.2. The van der Waals surface area contributed by atoms with Gasteiger partial charge >= 0.3 is 0 Å². The SMILES string of the molecule is O=C(CSc1ccccn1)Nc1c(C(=O)c2ccc(F)cc2)oc2ccccc12. The Morgan fingerprint density at radius 1 is 1.00 bits per heavy atom. The molecule has 1 N–H and O–H groups in total. The van der Waals surface area contributed by atoms with E-state index in [1.807, 2.05) is 12.1 Å². The maximum atomic E-state index is 13.2. The molecule has 0 unspecified atom stereocenters. The van der Waals surface area contributed by atoms with Crippen LogP contribution in [-0.2, 0) is 4.79 Å². The Hall–Kier alpha value is -3.45. The van der Waals surface area contributed by atoms with Crippen molar-refractivity contribution < 1.29 is 18.4 Å². The fraction of sp³-hybridized carbons (Fsp3) is 0.0455. The molecule has 0 saturated heterocycles. The number of thioether (sulfide) groups is 1. The van der Waals surface area contributed by atoms with Gasteiger partial charge in [-0.15, -0.1) is 0 Å². The van der Waals surface area contributed by atoms with Crippen LogP contribution in [0.25, 0.3) is 11.0 Å². The van der Waals surface area contributed by atoms with Crippen molar-refractivity contribution in [2.45, 2.75) is 5.03 Å². The topological polar surface area (TPSA) is 72.2 Å².